The van der Waals surface area contributed by atoms with Crippen molar-refractivity contribution in [3.8, 4) is 0 Å². The maximum absolute atomic E-state index is 13.1. The highest BCUT2D eigenvalue weighted by atomic mass is 16.2. The minimum absolute atomic E-state index is 0.0926. The maximum atomic E-state index is 13.1. The van der Waals surface area contributed by atoms with Crippen LogP contribution < -0.4 is 5.32 Å². The lowest BCUT2D eigenvalue weighted by molar-refractivity contribution is -0.134. The van der Waals surface area contributed by atoms with E-state index in [-0.39, 0.29) is 17.5 Å². The van der Waals surface area contributed by atoms with Crippen molar-refractivity contribution >= 4 is 17.7 Å². The van der Waals surface area contributed by atoms with Gasteiger partial charge in [-0.05, 0) is 25.5 Å². The minimum atomic E-state index is -0.655. The molecule has 0 spiro atoms. The monoisotopic (exact) mass is 452 g/mol. The highest BCUT2D eigenvalue weighted by Crippen LogP contribution is 2.17. The van der Waals surface area contributed by atoms with Gasteiger partial charge in [-0.15, -0.1) is 0 Å². The van der Waals surface area contributed by atoms with Gasteiger partial charge in [0.2, 0.25) is 5.91 Å². The van der Waals surface area contributed by atoms with Crippen molar-refractivity contribution in [3.63, 3.8) is 0 Å². The molecule has 0 saturated carbocycles. The molecule has 2 aliphatic heterocycles. The van der Waals surface area contributed by atoms with Crippen molar-refractivity contribution in [2.24, 2.45) is 0 Å². The average Bonchev–Trinajstić information content (AvgIpc) is 3.21. The van der Waals surface area contributed by atoms with Gasteiger partial charge < -0.3 is 20.0 Å². The van der Waals surface area contributed by atoms with Crippen molar-refractivity contribution < 1.29 is 14.4 Å². The Morgan fingerprint density at radius 3 is 2.48 bits per heavy atom. The normalized spacial score (nSPS) is 17.9. The van der Waals surface area contributed by atoms with E-state index in [9.17, 15) is 14.4 Å². The molecule has 2 aromatic rings. The first-order chi connectivity index (χ1) is 16.0. The first-order valence-corrected chi connectivity index (χ1v) is 11.7. The SMILES string of the molecule is CCN1CCN(C(=O)C(C)NC(=O)c2cc3n(n2)CCCN(Cc2ccccc2)C3=O)CC1. The van der Waals surface area contributed by atoms with E-state index in [0.29, 0.717) is 38.4 Å². The number of likely N-dealkylation sites (N-methyl/N-ethyl adjacent to an activating group) is 1. The Bertz CT molecular complexity index is 997. The number of nitrogens with one attached hydrogen (secondary N) is 1. The maximum Gasteiger partial charge on any atom is 0.272 e. The summed E-state index contributed by atoms with van der Waals surface area (Å²) >= 11 is 0. The van der Waals surface area contributed by atoms with Gasteiger partial charge in [0.25, 0.3) is 11.8 Å². The summed E-state index contributed by atoms with van der Waals surface area (Å²) in [5.74, 6) is -0.670. The lowest BCUT2D eigenvalue weighted by Crippen LogP contribution is -2.54. The van der Waals surface area contributed by atoms with E-state index in [0.717, 1.165) is 31.6 Å². The molecule has 33 heavy (non-hydrogen) atoms. The topological polar surface area (TPSA) is 90.8 Å². The van der Waals surface area contributed by atoms with E-state index < -0.39 is 11.9 Å². The molecule has 0 aliphatic carbocycles. The Morgan fingerprint density at radius 1 is 1.06 bits per heavy atom. The summed E-state index contributed by atoms with van der Waals surface area (Å²) in [5.41, 5.74) is 1.63. The van der Waals surface area contributed by atoms with Crippen molar-refractivity contribution in [2.45, 2.75) is 39.4 Å². The first-order valence-electron chi connectivity index (χ1n) is 11.7. The second kappa shape index (κ2) is 10.2. The van der Waals surface area contributed by atoms with Gasteiger partial charge in [-0.1, -0.05) is 37.3 Å². The van der Waals surface area contributed by atoms with Gasteiger partial charge >= 0.3 is 0 Å². The van der Waals surface area contributed by atoms with Crippen LogP contribution >= 0.6 is 0 Å². The van der Waals surface area contributed by atoms with Crippen molar-refractivity contribution in [3.05, 3.63) is 53.3 Å². The largest absolute Gasteiger partial charge is 0.339 e. The fourth-order valence-electron chi connectivity index (χ4n) is 4.39. The fourth-order valence-corrected chi connectivity index (χ4v) is 4.39. The molecular weight excluding hydrogens is 420 g/mol. The van der Waals surface area contributed by atoms with Gasteiger partial charge in [0, 0.05) is 51.9 Å². The zero-order valence-corrected chi connectivity index (χ0v) is 19.4. The van der Waals surface area contributed by atoms with Crippen LogP contribution in [-0.2, 0) is 17.9 Å². The summed E-state index contributed by atoms with van der Waals surface area (Å²) < 4.78 is 1.61. The quantitative estimate of drug-likeness (QED) is 0.712. The van der Waals surface area contributed by atoms with E-state index in [2.05, 4.69) is 22.2 Å². The predicted octanol–water partition coefficient (Wildman–Crippen LogP) is 1.21. The number of rotatable bonds is 6. The van der Waals surface area contributed by atoms with E-state index in [4.69, 9.17) is 0 Å². The molecule has 9 nitrogen and oxygen atoms in total. The standard InChI is InChI=1S/C24H32N6O3/c1-3-27-12-14-28(15-13-27)23(32)18(2)25-22(31)20-16-21-24(33)29(10-7-11-30(21)26-20)17-19-8-5-4-6-9-19/h4-6,8-9,16,18H,3,7,10-15,17H2,1-2H3,(H,25,31). The lowest BCUT2D eigenvalue weighted by atomic mass is 10.2. The number of nitrogens with zero attached hydrogens (tertiary/aromatic N) is 5. The molecule has 3 heterocycles. The molecule has 0 radical (unpaired) electrons. The van der Waals surface area contributed by atoms with Crippen LogP contribution in [-0.4, -0.2) is 87.5 Å². The Morgan fingerprint density at radius 2 is 1.79 bits per heavy atom. The summed E-state index contributed by atoms with van der Waals surface area (Å²) in [5, 5.41) is 7.14. The fraction of sp³-hybridized carbons (Fsp3) is 0.500. The molecule has 0 bridgehead atoms. The summed E-state index contributed by atoms with van der Waals surface area (Å²) in [6.07, 6.45) is 0.757. The van der Waals surface area contributed by atoms with E-state index >= 15 is 0 Å². The molecule has 1 aromatic carbocycles. The number of amides is 3. The minimum Gasteiger partial charge on any atom is -0.339 e. The molecular formula is C24H32N6O3. The molecule has 1 unspecified atom stereocenters. The van der Waals surface area contributed by atoms with Gasteiger partial charge in [-0.2, -0.15) is 5.10 Å². The van der Waals surface area contributed by atoms with E-state index in [1.165, 1.54) is 6.07 Å². The van der Waals surface area contributed by atoms with Crippen molar-refractivity contribution in [1.82, 2.24) is 29.8 Å². The molecule has 1 aromatic heterocycles. The zero-order chi connectivity index (χ0) is 23.4. The van der Waals surface area contributed by atoms with Crippen LogP contribution in [0.2, 0.25) is 0 Å². The molecule has 1 fully saturated rings. The third-order valence-electron chi connectivity index (χ3n) is 6.38. The molecule has 176 valence electrons. The molecule has 1 atom stereocenters. The third-order valence-corrected chi connectivity index (χ3v) is 6.38. The molecule has 9 heteroatoms. The van der Waals surface area contributed by atoms with Gasteiger partial charge in [0.05, 0.1) is 0 Å². The highest BCUT2D eigenvalue weighted by Gasteiger charge is 2.29. The summed E-state index contributed by atoms with van der Waals surface area (Å²) in [6, 6.07) is 10.7. The number of benzene rings is 1. The average molecular weight is 453 g/mol. The van der Waals surface area contributed by atoms with Crippen LogP contribution in [0.1, 0.15) is 46.8 Å². The molecule has 3 amide bonds. The summed E-state index contributed by atoms with van der Waals surface area (Å²) in [6.45, 7) is 9.51. The molecule has 1 saturated heterocycles. The van der Waals surface area contributed by atoms with Crippen LogP contribution in [0.15, 0.2) is 36.4 Å². The second-order valence-corrected chi connectivity index (χ2v) is 8.66. The number of hydrogen-bond donors (Lipinski definition) is 1. The Kier molecular flexibility index (Phi) is 7.08. The van der Waals surface area contributed by atoms with Crippen LogP contribution in [0.4, 0.5) is 0 Å². The summed E-state index contributed by atoms with van der Waals surface area (Å²) in [7, 11) is 0. The van der Waals surface area contributed by atoms with Gasteiger partial charge in [0.1, 0.15) is 11.7 Å². The van der Waals surface area contributed by atoms with Crippen LogP contribution in [0.5, 0.6) is 0 Å². The van der Waals surface area contributed by atoms with Crippen molar-refractivity contribution in [1.29, 1.82) is 0 Å². The van der Waals surface area contributed by atoms with Gasteiger partial charge in [-0.25, -0.2) is 0 Å². The number of aromatic nitrogens is 2. The van der Waals surface area contributed by atoms with E-state index in [1.807, 2.05) is 30.3 Å². The van der Waals surface area contributed by atoms with Crippen molar-refractivity contribution in [2.75, 3.05) is 39.3 Å². The van der Waals surface area contributed by atoms with Crippen LogP contribution in [0, 0.1) is 0 Å². The Balaban J connectivity index is 1.40. The third kappa shape index (κ3) is 5.24. The number of fused-ring (bicyclic) bond motifs is 1. The van der Waals surface area contributed by atoms with Gasteiger partial charge in [-0.3, -0.25) is 19.1 Å². The number of aryl methyl sites for hydroxylation is 1. The molecule has 4 rings (SSSR count). The van der Waals surface area contributed by atoms with Crippen LogP contribution in [0.25, 0.3) is 0 Å². The number of piperazine rings is 1. The van der Waals surface area contributed by atoms with E-state index in [1.54, 1.807) is 21.4 Å². The predicted molar refractivity (Wildman–Crippen MR) is 124 cm³/mol. The number of carbonyl (C=O) groups excluding carboxylic acids is 3. The lowest BCUT2D eigenvalue weighted by Gasteiger charge is -2.35. The highest BCUT2D eigenvalue weighted by molar-refractivity contribution is 5.99. The smallest absolute Gasteiger partial charge is 0.272 e. The van der Waals surface area contributed by atoms with Gasteiger partial charge in [0.15, 0.2) is 5.69 Å². The summed E-state index contributed by atoms with van der Waals surface area (Å²) in [4.78, 5) is 44.6. The first kappa shape index (κ1) is 23.0. The number of carbonyl (C=O) groups is 3. The second-order valence-electron chi connectivity index (χ2n) is 8.66. The van der Waals surface area contributed by atoms with Crippen LogP contribution in [0.3, 0.4) is 0 Å². The Hall–Kier alpha value is -3.20. The Labute approximate surface area is 194 Å². The zero-order valence-electron chi connectivity index (χ0n) is 19.4. The number of hydrogen-bond acceptors (Lipinski definition) is 5. The molecule has 1 N–H and O–H groups in total. The molecule has 2 aliphatic rings.